The Labute approximate surface area is 80.8 Å². The predicted octanol–water partition coefficient (Wildman–Crippen LogP) is -0.334. The van der Waals surface area contributed by atoms with Crippen molar-refractivity contribution in [3.8, 4) is 0 Å². The van der Waals surface area contributed by atoms with E-state index in [2.05, 4.69) is 4.99 Å². The molecule has 4 heteroatoms. The van der Waals surface area contributed by atoms with Gasteiger partial charge in [0.1, 0.15) is 6.54 Å². The van der Waals surface area contributed by atoms with E-state index in [1.54, 1.807) is 13.0 Å². The van der Waals surface area contributed by atoms with Crippen LogP contribution in [0.25, 0.3) is 5.70 Å². The Morgan fingerprint density at radius 2 is 2.14 bits per heavy atom. The number of rotatable bonds is 0. The second-order valence-electron chi connectivity index (χ2n) is 3.17. The van der Waals surface area contributed by atoms with E-state index in [-0.39, 0.29) is 12.5 Å². The van der Waals surface area contributed by atoms with E-state index in [1.165, 1.54) is 0 Å². The molecule has 0 fully saturated rings. The zero-order valence-corrected chi connectivity index (χ0v) is 7.77. The van der Waals surface area contributed by atoms with Gasteiger partial charge in [0, 0.05) is 10.9 Å². The normalized spacial score (nSPS) is 16.0. The van der Waals surface area contributed by atoms with Crippen molar-refractivity contribution in [2.45, 2.75) is 6.92 Å². The maximum atomic E-state index is 11.2. The van der Waals surface area contributed by atoms with Crippen LogP contribution in [0.4, 0.5) is 0 Å². The number of carbonyl (C=O) groups excluding carboxylic acids is 1. The van der Waals surface area contributed by atoms with Crippen LogP contribution >= 0.6 is 0 Å². The number of fused-ring (bicyclic) bond motifs is 1. The summed E-state index contributed by atoms with van der Waals surface area (Å²) in [7, 11) is 0. The van der Waals surface area contributed by atoms with Crippen LogP contribution in [-0.4, -0.2) is 22.7 Å². The van der Waals surface area contributed by atoms with E-state index in [0.717, 1.165) is 10.3 Å². The highest BCUT2D eigenvalue weighted by molar-refractivity contribution is 5.80. The molecular weight excluding hydrogens is 180 g/mol. The highest BCUT2D eigenvalue weighted by atomic mass is 16.5. The second kappa shape index (κ2) is 3.23. The summed E-state index contributed by atoms with van der Waals surface area (Å²) in [4.78, 5) is 15.1. The third kappa shape index (κ3) is 1.40. The topological polar surface area (TPSA) is 52.9 Å². The summed E-state index contributed by atoms with van der Waals surface area (Å²) < 4.78 is 0. The number of hydrogen-bond donors (Lipinski definition) is 1. The number of nitrogens with zero attached hydrogens (tertiary/aromatic N) is 2. The first kappa shape index (κ1) is 8.90. The van der Waals surface area contributed by atoms with Crippen molar-refractivity contribution in [1.82, 2.24) is 5.06 Å². The number of benzene rings is 1. The summed E-state index contributed by atoms with van der Waals surface area (Å²) in [5.74, 6) is -0.336. The molecule has 72 valence electrons. The van der Waals surface area contributed by atoms with E-state index >= 15 is 0 Å². The fourth-order valence-electron chi connectivity index (χ4n) is 1.43. The third-order valence-corrected chi connectivity index (χ3v) is 2.21. The van der Waals surface area contributed by atoms with Crippen LogP contribution < -0.4 is 10.6 Å². The van der Waals surface area contributed by atoms with Gasteiger partial charge in [0.2, 0.25) is 0 Å². The van der Waals surface area contributed by atoms with Crippen molar-refractivity contribution < 1.29 is 10.0 Å². The third-order valence-electron chi connectivity index (χ3n) is 2.21. The van der Waals surface area contributed by atoms with Crippen LogP contribution in [0.5, 0.6) is 0 Å². The van der Waals surface area contributed by atoms with Crippen LogP contribution in [0.3, 0.4) is 0 Å². The Kier molecular flexibility index (Phi) is 2.05. The maximum absolute atomic E-state index is 11.2. The van der Waals surface area contributed by atoms with Gasteiger partial charge in [0.25, 0.3) is 5.91 Å². The minimum absolute atomic E-state index is 0.0828. The van der Waals surface area contributed by atoms with Gasteiger partial charge in [-0.3, -0.25) is 15.1 Å². The van der Waals surface area contributed by atoms with Gasteiger partial charge in [0.15, 0.2) is 0 Å². The van der Waals surface area contributed by atoms with Crippen LogP contribution in [0.2, 0.25) is 0 Å². The lowest BCUT2D eigenvalue weighted by Gasteiger charge is -2.13. The van der Waals surface area contributed by atoms with Crippen LogP contribution in [0.15, 0.2) is 29.3 Å². The molecule has 0 atom stereocenters. The Hall–Kier alpha value is -1.68. The van der Waals surface area contributed by atoms with E-state index in [0.29, 0.717) is 11.1 Å². The summed E-state index contributed by atoms with van der Waals surface area (Å²) in [6.07, 6.45) is 0. The molecule has 0 aliphatic carbocycles. The number of amides is 1. The summed E-state index contributed by atoms with van der Waals surface area (Å²) in [5.41, 5.74) is 0.648. The predicted molar refractivity (Wildman–Crippen MR) is 49.8 cm³/mol. The van der Waals surface area contributed by atoms with Crippen molar-refractivity contribution in [2.24, 2.45) is 4.99 Å². The van der Waals surface area contributed by atoms with Gasteiger partial charge in [-0.2, -0.15) is 0 Å². The first-order valence-corrected chi connectivity index (χ1v) is 4.32. The quantitative estimate of drug-likeness (QED) is 0.609. The van der Waals surface area contributed by atoms with Crippen molar-refractivity contribution in [1.29, 1.82) is 0 Å². The molecule has 0 radical (unpaired) electrons. The summed E-state index contributed by atoms with van der Waals surface area (Å²) in [6.45, 7) is 1.67. The molecule has 0 spiro atoms. The average Bonchev–Trinajstić information content (AvgIpc) is 2.26. The van der Waals surface area contributed by atoms with Crippen molar-refractivity contribution in [2.75, 3.05) is 6.54 Å². The van der Waals surface area contributed by atoms with Crippen LogP contribution in [-0.2, 0) is 4.79 Å². The Bertz CT molecular complexity index is 493. The number of hydrogen-bond acceptors (Lipinski definition) is 3. The van der Waals surface area contributed by atoms with E-state index in [1.807, 2.05) is 18.2 Å². The molecule has 0 saturated heterocycles. The fraction of sp³-hybridized carbons (Fsp3) is 0.200. The molecule has 0 unspecified atom stereocenters. The first-order chi connectivity index (χ1) is 6.68. The Balaban J connectivity index is 2.85. The molecule has 1 heterocycles. The minimum atomic E-state index is -0.336. The summed E-state index contributed by atoms with van der Waals surface area (Å²) in [5, 5.41) is 11.8. The van der Waals surface area contributed by atoms with Gasteiger partial charge in [-0.25, -0.2) is 4.99 Å². The molecule has 1 aromatic rings. The molecule has 2 rings (SSSR count). The number of hydroxylamine groups is 2. The Morgan fingerprint density at radius 3 is 2.93 bits per heavy atom. The molecule has 1 amide bonds. The SMILES string of the molecule is CC1=c2ccccc2=NC(=O)CN1O. The smallest absolute Gasteiger partial charge is 0.268 e. The molecule has 0 aromatic heterocycles. The standard InChI is InChI=1S/C10H10N2O2/c1-7-8-4-2-3-5-9(8)11-10(13)6-12(7)14/h2-5,14H,6H2,1H3. The van der Waals surface area contributed by atoms with Gasteiger partial charge < -0.3 is 0 Å². The lowest BCUT2D eigenvalue weighted by molar-refractivity contribution is -0.125. The van der Waals surface area contributed by atoms with Gasteiger partial charge >= 0.3 is 0 Å². The molecule has 0 saturated carbocycles. The number of para-hydroxylation sites is 1. The first-order valence-electron chi connectivity index (χ1n) is 4.32. The molecule has 1 aliphatic rings. The summed E-state index contributed by atoms with van der Waals surface area (Å²) in [6, 6.07) is 7.25. The molecular formula is C10H10N2O2. The molecule has 14 heavy (non-hydrogen) atoms. The largest absolute Gasteiger partial charge is 0.288 e. The highest BCUT2D eigenvalue weighted by Gasteiger charge is 2.12. The number of carbonyl (C=O) groups is 1. The van der Waals surface area contributed by atoms with E-state index < -0.39 is 0 Å². The van der Waals surface area contributed by atoms with Crippen LogP contribution in [0.1, 0.15) is 6.92 Å². The van der Waals surface area contributed by atoms with Crippen molar-refractivity contribution in [3.05, 3.63) is 34.8 Å². The highest BCUT2D eigenvalue weighted by Crippen LogP contribution is 1.99. The lowest BCUT2D eigenvalue weighted by atomic mass is 10.2. The molecule has 0 bridgehead atoms. The molecule has 4 nitrogen and oxygen atoms in total. The van der Waals surface area contributed by atoms with E-state index in [9.17, 15) is 10.0 Å². The molecule has 1 N–H and O–H groups in total. The zero-order valence-electron chi connectivity index (χ0n) is 7.77. The zero-order chi connectivity index (χ0) is 10.1. The van der Waals surface area contributed by atoms with Crippen LogP contribution in [0, 0.1) is 0 Å². The van der Waals surface area contributed by atoms with Gasteiger partial charge in [-0.1, -0.05) is 18.2 Å². The Morgan fingerprint density at radius 1 is 1.43 bits per heavy atom. The molecule has 1 aliphatic heterocycles. The maximum Gasteiger partial charge on any atom is 0.268 e. The summed E-state index contributed by atoms with van der Waals surface area (Å²) >= 11 is 0. The van der Waals surface area contributed by atoms with Gasteiger partial charge in [0.05, 0.1) is 5.36 Å². The lowest BCUT2D eigenvalue weighted by Crippen LogP contribution is -2.29. The minimum Gasteiger partial charge on any atom is -0.288 e. The van der Waals surface area contributed by atoms with Gasteiger partial charge in [-0.05, 0) is 13.0 Å². The van der Waals surface area contributed by atoms with Gasteiger partial charge in [-0.15, -0.1) is 0 Å². The second-order valence-corrected chi connectivity index (χ2v) is 3.17. The van der Waals surface area contributed by atoms with E-state index in [4.69, 9.17) is 0 Å². The molecule has 1 aromatic carbocycles. The monoisotopic (exact) mass is 190 g/mol. The average molecular weight is 190 g/mol. The van der Waals surface area contributed by atoms with Crippen molar-refractivity contribution in [3.63, 3.8) is 0 Å². The fourth-order valence-corrected chi connectivity index (χ4v) is 1.43. The van der Waals surface area contributed by atoms with Crippen molar-refractivity contribution >= 4 is 11.6 Å².